The summed E-state index contributed by atoms with van der Waals surface area (Å²) in [5.74, 6) is -2.78. The second-order valence-corrected chi connectivity index (χ2v) is 7.96. The minimum Gasteiger partial charge on any atom is -0.481 e. The molecule has 1 aliphatic carbocycles. The number of carboxylic acids is 1. The van der Waals surface area contributed by atoms with Crippen molar-refractivity contribution in [2.75, 3.05) is 26.8 Å². The molecule has 1 aliphatic rings. The second kappa shape index (κ2) is 11.3. The number of nitrogens with one attached hydrogen (secondary N) is 1. The van der Waals surface area contributed by atoms with Crippen LogP contribution in [0.4, 0.5) is 4.79 Å². The van der Waals surface area contributed by atoms with Gasteiger partial charge in [0.05, 0.1) is 13.5 Å². The van der Waals surface area contributed by atoms with Crippen LogP contribution < -0.4 is 5.32 Å². The van der Waals surface area contributed by atoms with E-state index in [9.17, 15) is 24.3 Å². The number of methoxy groups -OCH3 is 1. The Labute approximate surface area is 197 Å². The van der Waals surface area contributed by atoms with Gasteiger partial charge in [-0.05, 0) is 28.7 Å². The molecule has 9 nitrogen and oxygen atoms in total. The van der Waals surface area contributed by atoms with Gasteiger partial charge in [-0.15, -0.1) is 0 Å². The molecule has 0 heterocycles. The average molecular weight is 469 g/mol. The summed E-state index contributed by atoms with van der Waals surface area (Å²) in [6.45, 7) is 1.69. The highest BCUT2D eigenvalue weighted by Gasteiger charge is 2.32. The van der Waals surface area contributed by atoms with Gasteiger partial charge in [-0.2, -0.15) is 0 Å². The van der Waals surface area contributed by atoms with E-state index in [-0.39, 0.29) is 25.6 Å². The number of ether oxygens (including phenoxy) is 2. The predicted molar refractivity (Wildman–Crippen MR) is 123 cm³/mol. The molecule has 3 rings (SSSR count). The largest absolute Gasteiger partial charge is 0.481 e. The molecule has 2 aromatic carbocycles. The molecule has 0 spiro atoms. The smallest absolute Gasteiger partial charge is 0.407 e. The van der Waals surface area contributed by atoms with E-state index >= 15 is 0 Å². The van der Waals surface area contributed by atoms with E-state index in [4.69, 9.17) is 4.74 Å². The van der Waals surface area contributed by atoms with E-state index in [1.54, 1.807) is 0 Å². The number of amides is 2. The molecule has 0 bridgehead atoms. The summed E-state index contributed by atoms with van der Waals surface area (Å²) in [4.78, 5) is 49.7. The van der Waals surface area contributed by atoms with Crippen LogP contribution in [0.3, 0.4) is 0 Å². The topological polar surface area (TPSA) is 122 Å². The van der Waals surface area contributed by atoms with Gasteiger partial charge >= 0.3 is 18.0 Å². The number of rotatable bonds is 10. The molecule has 34 heavy (non-hydrogen) atoms. The summed E-state index contributed by atoms with van der Waals surface area (Å²) in [6.07, 6.45) is -1.02. The Bertz CT molecular complexity index is 1020. The standard InChI is InChI=1S/C25H28N2O7/c1-3-12-27(14-23(30)33-2)24(31)21(13-22(28)29)26-25(32)34-15-20-18-10-6-4-8-16(18)17-9-5-7-11-19(17)20/h4-11,20-21H,3,12-15H2,1-2H3,(H,26,32)(H,28,29). The van der Waals surface area contributed by atoms with Crippen molar-refractivity contribution in [3.05, 3.63) is 59.7 Å². The number of benzene rings is 2. The number of hydrogen-bond acceptors (Lipinski definition) is 6. The van der Waals surface area contributed by atoms with Crippen LogP contribution in [0.25, 0.3) is 11.1 Å². The van der Waals surface area contributed by atoms with Gasteiger partial charge in [0.15, 0.2) is 0 Å². The maximum absolute atomic E-state index is 12.9. The fourth-order valence-corrected chi connectivity index (χ4v) is 4.13. The van der Waals surface area contributed by atoms with Gasteiger partial charge in [0.25, 0.3) is 0 Å². The maximum Gasteiger partial charge on any atom is 0.407 e. The van der Waals surface area contributed by atoms with Gasteiger partial charge in [-0.25, -0.2) is 4.79 Å². The molecule has 0 radical (unpaired) electrons. The summed E-state index contributed by atoms with van der Waals surface area (Å²) >= 11 is 0. The van der Waals surface area contributed by atoms with Crippen molar-refractivity contribution in [1.29, 1.82) is 0 Å². The fourth-order valence-electron chi connectivity index (χ4n) is 4.13. The minimum absolute atomic E-state index is 0.0225. The van der Waals surface area contributed by atoms with Crippen LogP contribution in [0.15, 0.2) is 48.5 Å². The normalized spacial score (nSPS) is 12.8. The second-order valence-electron chi connectivity index (χ2n) is 7.96. The van der Waals surface area contributed by atoms with Gasteiger partial charge < -0.3 is 24.8 Å². The average Bonchev–Trinajstić information content (AvgIpc) is 3.15. The van der Waals surface area contributed by atoms with E-state index in [2.05, 4.69) is 10.1 Å². The fraction of sp³-hybridized carbons (Fsp3) is 0.360. The van der Waals surface area contributed by atoms with Gasteiger partial charge in [-0.1, -0.05) is 55.5 Å². The van der Waals surface area contributed by atoms with Crippen molar-refractivity contribution in [3.8, 4) is 11.1 Å². The number of carboxylic acid groups (broad SMARTS) is 1. The van der Waals surface area contributed by atoms with Crippen molar-refractivity contribution < 1.29 is 33.8 Å². The first-order chi connectivity index (χ1) is 16.3. The molecule has 9 heteroatoms. The molecular weight excluding hydrogens is 440 g/mol. The van der Waals surface area contributed by atoms with E-state index in [0.29, 0.717) is 6.42 Å². The van der Waals surface area contributed by atoms with Crippen LogP contribution in [-0.2, 0) is 23.9 Å². The lowest BCUT2D eigenvalue weighted by atomic mass is 9.98. The number of carbonyl (C=O) groups is 4. The molecule has 0 aliphatic heterocycles. The zero-order chi connectivity index (χ0) is 24.7. The summed E-state index contributed by atoms with van der Waals surface area (Å²) in [5.41, 5.74) is 4.21. The highest BCUT2D eigenvalue weighted by Crippen LogP contribution is 2.44. The van der Waals surface area contributed by atoms with E-state index in [1.165, 1.54) is 12.0 Å². The zero-order valence-electron chi connectivity index (χ0n) is 19.2. The third kappa shape index (κ3) is 5.72. The van der Waals surface area contributed by atoms with Crippen molar-refractivity contribution in [3.63, 3.8) is 0 Å². The third-order valence-electron chi connectivity index (χ3n) is 5.67. The van der Waals surface area contributed by atoms with Crippen LogP contribution in [0.2, 0.25) is 0 Å². The van der Waals surface area contributed by atoms with E-state index < -0.39 is 36.4 Å². The Balaban J connectivity index is 1.70. The lowest BCUT2D eigenvalue weighted by Crippen LogP contribution is -2.51. The highest BCUT2D eigenvalue weighted by atomic mass is 16.5. The van der Waals surface area contributed by atoms with Crippen LogP contribution in [0, 0.1) is 0 Å². The summed E-state index contributed by atoms with van der Waals surface area (Å²) in [5, 5.41) is 11.6. The molecule has 0 saturated heterocycles. The maximum atomic E-state index is 12.9. The van der Waals surface area contributed by atoms with Crippen molar-refractivity contribution in [1.82, 2.24) is 10.2 Å². The summed E-state index contributed by atoms with van der Waals surface area (Å²) < 4.78 is 10.0. The molecule has 0 fully saturated rings. The Morgan fingerprint density at radius 2 is 1.62 bits per heavy atom. The van der Waals surface area contributed by atoms with Gasteiger partial charge in [-0.3, -0.25) is 14.4 Å². The number of aliphatic carboxylic acids is 1. The number of carbonyl (C=O) groups excluding carboxylic acids is 3. The number of alkyl carbamates (subject to hydrolysis) is 1. The number of fused-ring (bicyclic) bond motifs is 3. The molecular formula is C25H28N2O7. The summed E-state index contributed by atoms with van der Waals surface area (Å²) in [7, 11) is 1.20. The molecule has 1 unspecified atom stereocenters. The Kier molecular flexibility index (Phi) is 8.24. The number of nitrogens with zero attached hydrogens (tertiary/aromatic N) is 1. The molecule has 2 amide bonds. The highest BCUT2D eigenvalue weighted by molar-refractivity contribution is 5.91. The van der Waals surface area contributed by atoms with Crippen molar-refractivity contribution in [2.24, 2.45) is 0 Å². The Hall–Kier alpha value is -3.88. The molecule has 180 valence electrons. The Morgan fingerprint density at radius 3 is 2.15 bits per heavy atom. The van der Waals surface area contributed by atoms with Crippen LogP contribution in [-0.4, -0.2) is 66.8 Å². The first-order valence-corrected chi connectivity index (χ1v) is 11.0. The Morgan fingerprint density at radius 1 is 1.03 bits per heavy atom. The first-order valence-electron chi connectivity index (χ1n) is 11.0. The van der Waals surface area contributed by atoms with Crippen LogP contribution in [0.1, 0.15) is 36.8 Å². The minimum atomic E-state index is -1.38. The SMILES string of the molecule is CCCN(CC(=O)OC)C(=O)C(CC(=O)O)NC(=O)OCC1c2ccccc2-c2ccccc21. The molecule has 2 aromatic rings. The van der Waals surface area contributed by atoms with Crippen molar-refractivity contribution >= 4 is 23.9 Å². The quantitative estimate of drug-likeness (QED) is 0.514. The first kappa shape index (κ1) is 24.8. The van der Waals surface area contributed by atoms with Crippen LogP contribution >= 0.6 is 0 Å². The van der Waals surface area contributed by atoms with Crippen molar-refractivity contribution in [2.45, 2.75) is 31.7 Å². The van der Waals surface area contributed by atoms with Gasteiger partial charge in [0, 0.05) is 12.5 Å². The van der Waals surface area contributed by atoms with E-state index in [1.807, 2.05) is 55.5 Å². The molecule has 0 saturated carbocycles. The lowest BCUT2D eigenvalue weighted by molar-refractivity contribution is -0.148. The molecule has 0 aromatic heterocycles. The molecule has 2 N–H and O–H groups in total. The number of hydrogen-bond donors (Lipinski definition) is 2. The lowest BCUT2D eigenvalue weighted by Gasteiger charge is -2.26. The zero-order valence-corrected chi connectivity index (χ0v) is 19.2. The van der Waals surface area contributed by atoms with Crippen LogP contribution in [0.5, 0.6) is 0 Å². The van der Waals surface area contributed by atoms with E-state index in [0.717, 1.165) is 22.3 Å². The molecule has 1 atom stereocenters. The number of esters is 1. The van der Waals surface area contributed by atoms with Gasteiger partial charge in [0.2, 0.25) is 5.91 Å². The van der Waals surface area contributed by atoms with Gasteiger partial charge in [0.1, 0.15) is 19.2 Å². The predicted octanol–water partition coefficient (Wildman–Crippen LogP) is 2.78. The monoisotopic (exact) mass is 468 g/mol. The summed E-state index contributed by atoms with van der Waals surface area (Å²) in [6, 6.07) is 14.3. The third-order valence-corrected chi connectivity index (χ3v) is 5.67.